The van der Waals surface area contributed by atoms with Crippen LogP contribution in [0.15, 0.2) is 42.6 Å². The van der Waals surface area contributed by atoms with Gasteiger partial charge in [0, 0.05) is 49.5 Å². The van der Waals surface area contributed by atoms with Gasteiger partial charge in [-0.15, -0.1) is 10.2 Å². The van der Waals surface area contributed by atoms with Crippen molar-refractivity contribution in [2.75, 3.05) is 48.3 Å². The lowest BCUT2D eigenvalue weighted by atomic mass is 9.75. The van der Waals surface area contributed by atoms with Gasteiger partial charge >= 0.3 is 0 Å². The normalized spacial score (nSPS) is 24.9. The fourth-order valence-electron chi connectivity index (χ4n) is 6.25. The van der Waals surface area contributed by atoms with Gasteiger partial charge in [0.15, 0.2) is 5.82 Å². The van der Waals surface area contributed by atoms with Crippen LogP contribution in [0.2, 0.25) is 0 Å². The number of fused-ring (bicyclic) bond motifs is 1. The highest BCUT2D eigenvalue weighted by molar-refractivity contribution is 5.74. The molecule has 1 aliphatic carbocycles. The van der Waals surface area contributed by atoms with Gasteiger partial charge in [0.05, 0.1) is 17.9 Å². The number of anilines is 3. The minimum atomic E-state index is 0.169. The van der Waals surface area contributed by atoms with E-state index in [1.807, 2.05) is 24.3 Å². The van der Waals surface area contributed by atoms with Crippen molar-refractivity contribution in [2.45, 2.75) is 44.7 Å². The van der Waals surface area contributed by atoms with Crippen LogP contribution in [-0.4, -0.2) is 74.5 Å². The summed E-state index contributed by atoms with van der Waals surface area (Å²) in [5.74, 6) is 9.40. The molecular formula is C29H34N8O. The van der Waals surface area contributed by atoms with E-state index in [0.29, 0.717) is 28.4 Å². The van der Waals surface area contributed by atoms with Gasteiger partial charge in [-0.25, -0.2) is 9.97 Å². The van der Waals surface area contributed by atoms with Gasteiger partial charge < -0.3 is 20.6 Å². The zero-order valence-electron chi connectivity index (χ0n) is 22.0. The monoisotopic (exact) mass is 510 g/mol. The van der Waals surface area contributed by atoms with Crippen LogP contribution in [-0.2, 0) is 0 Å². The molecule has 7 rings (SSSR count). The molecule has 4 aliphatic rings. The zero-order valence-corrected chi connectivity index (χ0v) is 22.0. The lowest BCUT2D eigenvalue weighted by Crippen LogP contribution is -2.42. The van der Waals surface area contributed by atoms with Gasteiger partial charge in [-0.1, -0.05) is 18.1 Å². The number of aromatic hydroxyl groups is 1. The Morgan fingerprint density at radius 1 is 1.13 bits per heavy atom. The van der Waals surface area contributed by atoms with Crippen molar-refractivity contribution in [1.29, 1.82) is 0 Å². The number of nitrogens with zero attached hydrogens (tertiary/aromatic N) is 7. The zero-order chi connectivity index (χ0) is 26.3. The van der Waals surface area contributed by atoms with Crippen molar-refractivity contribution >= 4 is 17.3 Å². The first-order valence-corrected chi connectivity index (χ1v) is 13.4. The highest BCUT2D eigenvalue weighted by atomic mass is 16.3. The minimum absolute atomic E-state index is 0.169. The van der Waals surface area contributed by atoms with E-state index in [-0.39, 0.29) is 11.8 Å². The molecule has 2 aromatic heterocycles. The summed E-state index contributed by atoms with van der Waals surface area (Å²) in [6, 6.07) is 11.3. The maximum absolute atomic E-state index is 10.3. The highest BCUT2D eigenvalue weighted by Crippen LogP contribution is 2.49. The van der Waals surface area contributed by atoms with Crippen molar-refractivity contribution in [3.63, 3.8) is 0 Å². The Morgan fingerprint density at radius 2 is 1.97 bits per heavy atom. The number of hydrogen-bond acceptors (Lipinski definition) is 9. The summed E-state index contributed by atoms with van der Waals surface area (Å²) in [6.07, 6.45) is 5.34. The molecule has 5 heterocycles. The number of phenols is 1. The van der Waals surface area contributed by atoms with Crippen LogP contribution in [0.3, 0.4) is 0 Å². The molecule has 9 nitrogen and oxygen atoms in total. The standard InChI is InChI=1S/C29H34N8O/c1-20-10-13-35(24-16-23(33-34-28(24)30)22-6-3-4-7-25(22)38)14-15-37(20)27-9-11-31-26(32-27)8-5-12-36-19-21-17-29(36,2)18-21/h3-4,6-7,9,11,16,20-21,38H,10,12-15,17-19H2,1-2H3,(H2,30,34)/t20-,21?,29?/m1/s1. The molecule has 38 heavy (non-hydrogen) atoms. The fourth-order valence-corrected chi connectivity index (χ4v) is 6.25. The molecule has 196 valence electrons. The number of para-hydroxylation sites is 1. The number of phenolic OH excluding ortho intramolecular Hbond substituents is 1. The summed E-state index contributed by atoms with van der Waals surface area (Å²) in [5.41, 5.74) is 8.68. The predicted octanol–water partition coefficient (Wildman–Crippen LogP) is 3.16. The molecule has 3 N–H and O–H groups in total. The third-order valence-corrected chi connectivity index (χ3v) is 8.39. The lowest BCUT2D eigenvalue weighted by molar-refractivity contribution is 0.143. The molecule has 0 radical (unpaired) electrons. The maximum atomic E-state index is 10.3. The van der Waals surface area contributed by atoms with Crippen LogP contribution in [0.25, 0.3) is 11.3 Å². The summed E-state index contributed by atoms with van der Waals surface area (Å²) in [7, 11) is 0. The van der Waals surface area contributed by atoms with E-state index in [0.717, 1.165) is 50.0 Å². The van der Waals surface area contributed by atoms with Crippen LogP contribution in [0.5, 0.6) is 5.75 Å². The Balaban J connectivity index is 1.17. The molecule has 1 saturated carbocycles. The predicted molar refractivity (Wildman–Crippen MR) is 149 cm³/mol. The van der Waals surface area contributed by atoms with Gasteiger partial charge in [0.2, 0.25) is 5.82 Å². The van der Waals surface area contributed by atoms with E-state index in [4.69, 9.17) is 10.7 Å². The van der Waals surface area contributed by atoms with Crippen LogP contribution in [0.4, 0.5) is 17.3 Å². The van der Waals surface area contributed by atoms with Crippen molar-refractivity contribution in [3.05, 3.63) is 48.4 Å². The van der Waals surface area contributed by atoms with Crippen molar-refractivity contribution < 1.29 is 5.11 Å². The minimum Gasteiger partial charge on any atom is -0.507 e. The summed E-state index contributed by atoms with van der Waals surface area (Å²) in [6.45, 7) is 8.85. The Morgan fingerprint density at radius 3 is 2.76 bits per heavy atom. The molecule has 2 bridgehead atoms. The quantitative estimate of drug-likeness (QED) is 0.512. The number of rotatable bonds is 4. The van der Waals surface area contributed by atoms with E-state index >= 15 is 0 Å². The van der Waals surface area contributed by atoms with E-state index in [2.05, 4.69) is 55.6 Å². The number of aromatic nitrogens is 4. The van der Waals surface area contributed by atoms with Gasteiger partial charge in [-0.05, 0) is 69.2 Å². The Bertz CT molecular complexity index is 1390. The molecule has 3 aromatic rings. The molecular weight excluding hydrogens is 476 g/mol. The first-order chi connectivity index (χ1) is 18.4. The van der Waals surface area contributed by atoms with Crippen LogP contribution in [0.1, 0.15) is 38.9 Å². The van der Waals surface area contributed by atoms with E-state index < -0.39 is 0 Å². The molecule has 1 aromatic carbocycles. The molecule has 0 amide bonds. The molecule has 3 aliphatic heterocycles. The van der Waals surface area contributed by atoms with E-state index in [1.165, 1.54) is 19.4 Å². The van der Waals surface area contributed by atoms with E-state index in [9.17, 15) is 5.11 Å². The Hall–Kier alpha value is -3.90. The van der Waals surface area contributed by atoms with E-state index in [1.54, 1.807) is 18.3 Å². The highest BCUT2D eigenvalue weighted by Gasteiger charge is 2.51. The smallest absolute Gasteiger partial charge is 0.206 e. The third kappa shape index (κ3) is 4.61. The molecule has 1 atom stereocenters. The molecule has 9 heteroatoms. The third-order valence-electron chi connectivity index (χ3n) is 8.39. The molecule has 0 unspecified atom stereocenters. The largest absolute Gasteiger partial charge is 0.507 e. The number of nitrogens with two attached hydrogens (primary N) is 1. The van der Waals surface area contributed by atoms with Gasteiger partial charge in [0.25, 0.3) is 0 Å². The summed E-state index contributed by atoms with van der Waals surface area (Å²) in [4.78, 5) is 16.3. The fraction of sp³-hybridized carbons (Fsp3) is 0.448. The van der Waals surface area contributed by atoms with Crippen LogP contribution in [0, 0.1) is 17.8 Å². The SMILES string of the molecule is C[C@@H]1CCN(c2cc(-c3ccccc3O)nnc2N)CCN1c1ccnc(C#CCN2CC3CC2(C)C3)n1. The average Bonchev–Trinajstić information content (AvgIpc) is 3.30. The van der Waals surface area contributed by atoms with Crippen molar-refractivity contribution in [3.8, 4) is 28.8 Å². The second kappa shape index (κ2) is 9.76. The topological polar surface area (TPSA) is 108 Å². The first kappa shape index (κ1) is 24.4. The number of hydrogen-bond donors (Lipinski definition) is 2. The molecule has 3 saturated heterocycles. The molecule has 4 fully saturated rings. The van der Waals surface area contributed by atoms with Crippen LogP contribution < -0.4 is 15.5 Å². The second-order valence-corrected chi connectivity index (χ2v) is 11.0. The maximum Gasteiger partial charge on any atom is 0.206 e. The Kier molecular flexibility index (Phi) is 6.28. The second-order valence-electron chi connectivity index (χ2n) is 11.0. The lowest BCUT2D eigenvalue weighted by Gasteiger charge is -2.38. The molecule has 0 spiro atoms. The van der Waals surface area contributed by atoms with Gasteiger partial charge in [0.1, 0.15) is 11.6 Å². The number of nitrogen functional groups attached to an aromatic ring is 1. The summed E-state index contributed by atoms with van der Waals surface area (Å²) >= 11 is 0. The van der Waals surface area contributed by atoms with Crippen LogP contribution >= 0.6 is 0 Å². The summed E-state index contributed by atoms with van der Waals surface area (Å²) in [5, 5.41) is 18.7. The average molecular weight is 511 g/mol. The van der Waals surface area contributed by atoms with Gasteiger partial charge in [-0.2, -0.15) is 0 Å². The summed E-state index contributed by atoms with van der Waals surface area (Å²) < 4.78 is 0. The van der Waals surface area contributed by atoms with Gasteiger partial charge in [-0.3, -0.25) is 4.90 Å². The van der Waals surface area contributed by atoms with Crippen molar-refractivity contribution in [1.82, 2.24) is 25.1 Å². The van der Waals surface area contributed by atoms with Crippen molar-refractivity contribution in [2.24, 2.45) is 5.92 Å². The Labute approximate surface area is 223 Å². The number of benzene rings is 1. The first-order valence-electron chi connectivity index (χ1n) is 13.4.